The van der Waals surface area contributed by atoms with Gasteiger partial charge < -0.3 is 10.2 Å². The van der Waals surface area contributed by atoms with Gasteiger partial charge in [-0.2, -0.15) is 0 Å². The Morgan fingerprint density at radius 1 is 0.485 bits per heavy atom. The van der Waals surface area contributed by atoms with Crippen molar-refractivity contribution in [3.8, 4) is 0 Å². The monoisotopic (exact) mass is 930 g/mol. The molecule has 0 saturated carbocycles. The first-order chi connectivity index (χ1) is 31.3. The number of rotatable bonds is 19. The number of carboxylic acid groups (broad SMARTS) is 2. The van der Waals surface area contributed by atoms with E-state index in [-0.39, 0.29) is 16.7 Å². The molecule has 0 amide bonds. The minimum atomic E-state index is -3.81. The number of sulfonamides is 2. The summed E-state index contributed by atoms with van der Waals surface area (Å²) in [4.78, 5) is 23.4. The van der Waals surface area contributed by atoms with E-state index in [1.54, 1.807) is 60.7 Å². The first kappa shape index (κ1) is 50.8. The molecule has 0 aromatic heterocycles. The molecule has 0 unspecified atom stereocenters. The predicted octanol–water partition coefficient (Wildman–Crippen LogP) is 12.3. The minimum Gasteiger partial charge on any atom is -0.478 e. The third kappa shape index (κ3) is 13.6. The van der Waals surface area contributed by atoms with Gasteiger partial charge in [0.05, 0.1) is 20.9 Å². The van der Waals surface area contributed by atoms with Crippen molar-refractivity contribution in [2.75, 3.05) is 9.44 Å². The van der Waals surface area contributed by atoms with Crippen LogP contribution in [-0.2, 0) is 52.2 Å². The molecule has 0 aliphatic carbocycles. The van der Waals surface area contributed by atoms with Crippen molar-refractivity contribution in [3.63, 3.8) is 0 Å². The van der Waals surface area contributed by atoms with Crippen molar-refractivity contribution >= 4 is 43.4 Å². The van der Waals surface area contributed by atoms with Crippen LogP contribution in [0, 0.1) is 0 Å². The van der Waals surface area contributed by atoms with Crippen LogP contribution in [0.2, 0.25) is 0 Å². The molecule has 6 aromatic carbocycles. The van der Waals surface area contributed by atoms with Gasteiger partial charge in [-0.05, 0) is 143 Å². The van der Waals surface area contributed by atoms with Crippen LogP contribution in [0.25, 0.3) is 0 Å². The summed E-state index contributed by atoms with van der Waals surface area (Å²) < 4.78 is 57.9. The van der Waals surface area contributed by atoms with Crippen LogP contribution in [-0.4, -0.2) is 39.0 Å². The minimum absolute atomic E-state index is 0.0591. The third-order valence-corrected chi connectivity index (χ3v) is 14.3. The lowest BCUT2D eigenvalue weighted by atomic mass is 9.89. The van der Waals surface area contributed by atoms with Crippen LogP contribution in [0.3, 0.4) is 0 Å². The van der Waals surface area contributed by atoms with Crippen molar-refractivity contribution in [1.82, 2.24) is 0 Å². The van der Waals surface area contributed by atoms with Gasteiger partial charge in [0.15, 0.2) is 0 Å². The van der Waals surface area contributed by atoms with Crippen LogP contribution < -0.4 is 9.44 Å². The van der Waals surface area contributed by atoms with Crippen molar-refractivity contribution in [2.24, 2.45) is 0 Å². The lowest BCUT2D eigenvalue weighted by Crippen LogP contribution is -2.19. The molecule has 6 aromatic rings. The molecule has 66 heavy (non-hydrogen) atoms. The maximum absolute atomic E-state index is 13.7. The summed E-state index contributed by atoms with van der Waals surface area (Å²) in [7, 11) is -7.45. The van der Waals surface area contributed by atoms with Gasteiger partial charge in [0.1, 0.15) is 0 Å². The number of hydrogen-bond donors (Lipinski definition) is 4. The maximum atomic E-state index is 13.7. The Labute approximate surface area is 391 Å². The molecule has 10 nitrogen and oxygen atoms in total. The van der Waals surface area contributed by atoms with Crippen molar-refractivity contribution in [1.29, 1.82) is 0 Å². The number of aromatic carboxylic acids is 2. The lowest BCUT2D eigenvalue weighted by molar-refractivity contribution is 0.0684. The third-order valence-electron chi connectivity index (χ3n) is 11.4. The largest absolute Gasteiger partial charge is 0.478 e. The highest BCUT2D eigenvalue weighted by molar-refractivity contribution is 7.93. The average molecular weight is 931 g/mol. The average Bonchev–Trinajstić information content (AvgIpc) is 3.28. The van der Waals surface area contributed by atoms with E-state index in [0.29, 0.717) is 59.0 Å². The molecule has 0 aliphatic heterocycles. The second-order valence-corrected chi connectivity index (χ2v) is 20.7. The Kier molecular flexibility index (Phi) is 17.5. The normalized spacial score (nSPS) is 11.6. The van der Waals surface area contributed by atoms with E-state index in [9.17, 15) is 36.6 Å². The fourth-order valence-corrected chi connectivity index (χ4v) is 10.5. The standard InChI is InChI=1S/C30H37NO4S.C24H25NO4S/c1-19(2)24-17-27(20(3)4)29(28(18-24)21(5)6)36(34,35)31-25-15-12-22(13-16-25)11-14-23-9-7-8-10-26(23)30(32)33;1-2-5-18-11-16-22(17-12-18)30(28,29)25-21-14-9-19(10-15-21)8-13-20-6-3-4-7-23(20)24(26)27/h7-10,12-13,15-21,31H,11,14H2,1-6H3,(H,32,33);3-4,6-7,9-12,14-17,25H,2,5,8,13H2,1H3,(H,26,27). The van der Waals surface area contributed by atoms with Gasteiger partial charge in [0.25, 0.3) is 20.0 Å². The molecule has 0 saturated heterocycles. The quantitative estimate of drug-likeness (QED) is 0.0623. The summed E-state index contributed by atoms with van der Waals surface area (Å²) in [6.07, 6.45) is 4.44. The molecule has 348 valence electrons. The first-order valence-electron chi connectivity index (χ1n) is 22.4. The van der Waals surface area contributed by atoms with Crippen molar-refractivity contribution in [3.05, 3.63) is 189 Å². The van der Waals surface area contributed by atoms with Crippen LogP contribution >= 0.6 is 0 Å². The highest BCUT2D eigenvalue weighted by Crippen LogP contribution is 2.36. The van der Waals surface area contributed by atoms with E-state index in [2.05, 4.69) is 30.2 Å². The van der Waals surface area contributed by atoms with Crippen LogP contribution in [0.1, 0.15) is 138 Å². The maximum Gasteiger partial charge on any atom is 0.335 e. The summed E-state index contributed by atoms with van der Waals surface area (Å²) in [6.45, 7) is 14.4. The Hall–Kier alpha value is -6.24. The van der Waals surface area contributed by atoms with Crippen molar-refractivity contribution in [2.45, 2.75) is 115 Å². The Morgan fingerprint density at radius 3 is 1.24 bits per heavy atom. The van der Waals surface area contributed by atoms with E-state index in [0.717, 1.165) is 57.3 Å². The molecule has 12 heteroatoms. The van der Waals surface area contributed by atoms with E-state index < -0.39 is 32.0 Å². The fourth-order valence-electron chi connectivity index (χ4n) is 7.67. The Balaban J connectivity index is 0.000000251. The van der Waals surface area contributed by atoms with Gasteiger partial charge in [0.2, 0.25) is 0 Å². The molecule has 0 fully saturated rings. The summed E-state index contributed by atoms with van der Waals surface area (Å²) in [6, 6.07) is 39.4. The van der Waals surface area contributed by atoms with Gasteiger partial charge in [-0.25, -0.2) is 26.4 Å². The highest BCUT2D eigenvalue weighted by Gasteiger charge is 2.27. The lowest BCUT2D eigenvalue weighted by Gasteiger charge is -2.23. The van der Waals surface area contributed by atoms with E-state index in [1.165, 1.54) is 0 Å². The number of carbonyl (C=O) groups is 2. The van der Waals surface area contributed by atoms with Gasteiger partial charge in [-0.1, -0.05) is 140 Å². The summed E-state index contributed by atoms with van der Waals surface area (Å²) in [5.74, 6) is -1.44. The molecule has 6 rings (SSSR count). The van der Waals surface area contributed by atoms with E-state index >= 15 is 0 Å². The second-order valence-electron chi connectivity index (χ2n) is 17.4. The van der Waals surface area contributed by atoms with Gasteiger partial charge >= 0.3 is 11.9 Å². The topological polar surface area (TPSA) is 167 Å². The zero-order valence-electron chi connectivity index (χ0n) is 38.8. The van der Waals surface area contributed by atoms with Crippen LogP contribution in [0.15, 0.2) is 143 Å². The molecule has 0 aliphatic rings. The molecule has 0 heterocycles. The molecule has 0 bridgehead atoms. The first-order valence-corrected chi connectivity index (χ1v) is 25.4. The Morgan fingerprint density at radius 2 is 0.864 bits per heavy atom. The SMILES string of the molecule is CC(C)c1cc(C(C)C)c(S(=O)(=O)Nc2ccc(CCc3ccccc3C(=O)O)cc2)c(C(C)C)c1.CCCc1ccc(S(=O)(=O)Nc2ccc(CCc3ccccc3C(=O)O)cc2)cc1. The zero-order valence-corrected chi connectivity index (χ0v) is 40.5. The fraction of sp³-hybridized carbons (Fsp3) is 0.296. The number of nitrogens with one attached hydrogen (secondary N) is 2. The molecular formula is C54H62N2O8S2. The highest BCUT2D eigenvalue weighted by atomic mass is 32.2. The van der Waals surface area contributed by atoms with E-state index in [1.807, 2.05) is 100 Å². The molecular weight excluding hydrogens is 869 g/mol. The predicted molar refractivity (Wildman–Crippen MR) is 265 cm³/mol. The number of hydrogen-bond acceptors (Lipinski definition) is 6. The number of anilines is 2. The molecule has 0 radical (unpaired) electrons. The smallest absolute Gasteiger partial charge is 0.335 e. The van der Waals surface area contributed by atoms with Gasteiger partial charge in [-0.15, -0.1) is 0 Å². The molecule has 0 spiro atoms. The number of benzene rings is 6. The van der Waals surface area contributed by atoms with Gasteiger partial charge in [0, 0.05) is 11.4 Å². The summed E-state index contributed by atoms with van der Waals surface area (Å²) >= 11 is 0. The van der Waals surface area contributed by atoms with Gasteiger partial charge in [-0.3, -0.25) is 9.44 Å². The van der Waals surface area contributed by atoms with E-state index in [4.69, 9.17) is 0 Å². The van der Waals surface area contributed by atoms with Crippen molar-refractivity contribution < 1.29 is 36.6 Å². The number of carboxylic acids is 2. The summed E-state index contributed by atoms with van der Waals surface area (Å²) in [5.41, 5.74) is 9.12. The Bertz CT molecular complexity index is 2790. The summed E-state index contributed by atoms with van der Waals surface area (Å²) in [5, 5.41) is 18.7. The zero-order chi connectivity index (χ0) is 48.2. The molecule has 0 atom stereocenters. The molecule has 4 N–H and O–H groups in total. The number of aryl methyl sites for hydroxylation is 5. The van der Waals surface area contributed by atoms with Crippen LogP contribution in [0.5, 0.6) is 0 Å². The van der Waals surface area contributed by atoms with Crippen LogP contribution in [0.4, 0.5) is 11.4 Å². The second kappa shape index (κ2) is 22.8.